The highest BCUT2D eigenvalue weighted by molar-refractivity contribution is 14.0. The molecular formula is C12H27IN4OS. The monoisotopic (exact) mass is 402 g/mol. The molecule has 0 bridgehead atoms. The number of amides is 1. The molecule has 0 aliphatic heterocycles. The van der Waals surface area contributed by atoms with Crippen molar-refractivity contribution in [2.45, 2.75) is 26.2 Å². The molecule has 0 heterocycles. The van der Waals surface area contributed by atoms with Crippen molar-refractivity contribution in [1.29, 1.82) is 0 Å². The van der Waals surface area contributed by atoms with E-state index in [9.17, 15) is 4.79 Å². The van der Waals surface area contributed by atoms with E-state index in [1.54, 1.807) is 7.05 Å². The van der Waals surface area contributed by atoms with Crippen LogP contribution in [0.4, 0.5) is 0 Å². The van der Waals surface area contributed by atoms with E-state index in [4.69, 9.17) is 0 Å². The summed E-state index contributed by atoms with van der Waals surface area (Å²) < 4.78 is 0. The Balaban J connectivity index is 0. The van der Waals surface area contributed by atoms with Gasteiger partial charge in [-0.05, 0) is 31.3 Å². The molecule has 5 nitrogen and oxygen atoms in total. The molecule has 0 rings (SSSR count). The smallest absolute Gasteiger partial charge is 0.239 e. The molecule has 0 atom stereocenters. The van der Waals surface area contributed by atoms with Crippen molar-refractivity contribution in [3.63, 3.8) is 0 Å². The summed E-state index contributed by atoms with van der Waals surface area (Å²) in [6, 6.07) is 0. The molecule has 0 spiro atoms. The number of rotatable bonds is 9. The first-order valence-corrected chi connectivity index (χ1v) is 7.84. The highest BCUT2D eigenvalue weighted by Crippen LogP contribution is 1.97. The molecule has 114 valence electrons. The van der Waals surface area contributed by atoms with Gasteiger partial charge in [-0.3, -0.25) is 9.79 Å². The van der Waals surface area contributed by atoms with Crippen LogP contribution < -0.4 is 16.0 Å². The highest BCUT2D eigenvalue weighted by atomic mass is 127. The zero-order valence-electron chi connectivity index (χ0n) is 12.1. The molecular weight excluding hydrogens is 375 g/mol. The zero-order chi connectivity index (χ0) is 13.6. The Morgan fingerprint density at radius 3 is 2.47 bits per heavy atom. The predicted octanol–water partition coefficient (Wildman–Crippen LogP) is 1.44. The lowest BCUT2D eigenvalue weighted by Gasteiger charge is -2.11. The lowest BCUT2D eigenvalue weighted by Crippen LogP contribution is -2.43. The summed E-state index contributed by atoms with van der Waals surface area (Å²) >= 11 is 1.86. The van der Waals surface area contributed by atoms with Crippen LogP contribution in [0.1, 0.15) is 26.2 Å². The Morgan fingerprint density at radius 2 is 1.89 bits per heavy atom. The number of hydrogen-bond acceptors (Lipinski definition) is 3. The van der Waals surface area contributed by atoms with Crippen molar-refractivity contribution in [1.82, 2.24) is 16.0 Å². The van der Waals surface area contributed by atoms with Crippen molar-refractivity contribution < 1.29 is 4.79 Å². The number of nitrogens with zero attached hydrogens (tertiary/aromatic N) is 1. The topological polar surface area (TPSA) is 65.5 Å². The molecule has 19 heavy (non-hydrogen) atoms. The average Bonchev–Trinajstić information content (AvgIpc) is 2.39. The van der Waals surface area contributed by atoms with Gasteiger partial charge >= 0.3 is 0 Å². The summed E-state index contributed by atoms with van der Waals surface area (Å²) in [6.07, 6.45) is 5.38. The van der Waals surface area contributed by atoms with Gasteiger partial charge in [-0.2, -0.15) is 11.8 Å². The van der Waals surface area contributed by atoms with Crippen LogP contribution in [0.25, 0.3) is 0 Å². The molecule has 3 N–H and O–H groups in total. The van der Waals surface area contributed by atoms with Crippen molar-refractivity contribution in [2.75, 3.05) is 38.7 Å². The molecule has 1 amide bonds. The van der Waals surface area contributed by atoms with Gasteiger partial charge in [0.1, 0.15) is 0 Å². The number of thioether (sulfide) groups is 1. The minimum Gasteiger partial charge on any atom is -0.356 e. The summed E-state index contributed by atoms with van der Waals surface area (Å²) in [5, 5.41) is 8.99. The standard InChI is InChI=1S/C12H26N4OS.HI/c1-4-7-14-11(17)10-16-12(13-2)15-8-5-6-9-18-3;/h4-10H2,1-3H3,(H,14,17)(H2,13,15,16);1H. The summed E-state index contributed by atoms with van der Waals surface area (Å²) in [6.45, 7) is 3.91. The van der Waals surface area contributed by atoms with Gasteiger partial charge in [0.15, 0.2) is 5.96 Å². The summed E-state index contributed by atoms with van der Waals surface area (Å²) in [5.41, 5.74) is 0. The lowest BCUT2D eigenvalue weighted by molar-refractivity contribution is -0.120. The van der Waals surface area contributed by atoms with Crippen LogP contribution in [0, 0.1) is 0 Å². The number of unbranched alkanes of at least 4 members (excludes halogenated alkanes) is 1. The quantitative estimate of drug-likeness (QED) is 0.236. The first kappa shape index (κ1) is 21.1. The summed E-state index contributed by atoms with van der Waals surface area (Å²) in [5.74, 6) is 1.88. The minimum absolute atomic E-state index is 0. The first-order chi connectivity index (χ1) is 8.74. The van der Waals surface area contributed by atoms with E-state index >= 15 is 0 Å². The second kappa shape index (κ2) is 15.9. The minimum atomic E-state index is 0. The Bertz CT molecular complexity index is 252. The van der Waals surface area contributed by atoms with E-state index in [1.165, 1.54) is 12.2 Å². The number of aliphatic imine (C=N–C) groups is 1. The third-order valence-corrected chi connectivity index (χ3v) is 2.98. The van der Waals surface area contributed by atoms with Crippen molar-refractivity contribution >= 4 is 47.6 Å². The molecule has 0 radical (unpaired) electrons. The van der Waals surface area contributed by atoms with Crippen molar-refractivity contribution in [3.05, 3.63) is 0 Å². The van der Waals surface area contributed by atoms with Gasteiger partial charge < -0.3 is 16.0 Å². The van der Waals surface area contributed by atoms with E-state index in [-0.39, 0.29) is 36.4 Å². The molecule has 0 saturated carbocycles. The molecule has 0 aromatic carbocycles. The SMILES string of the molecule is CCCNC(=O)CNC(=NC)NCCCCSC.I. The second-order valence-corrected chi connectivity index (χ2v) is 4.89. The van der Waals surface area contributed by atoms with Gasteiger partial charge in [-0.25, -0.2) is 0 Å². The molecule has 0 aromatic rings. The molecule has 0 aliphatic rings. The van der Waals surface area contributed by atoms with Gasteiger partial charge in [0, 0.05) is 20.1 Å². The van der Waals surface area contributed by atoms with Gasteiger partial charge in [-0.15, -0.1) is 24.0 Å². The van der Waals surface area contributed by atoms with Gasteiger partial charge in [-0.1, -0.05) is 6.92 Å². The second-order valence-electron chi connectivity index (χ2n) is 3.90. The Labute approximate surface area is 138 Å². The third-order valence-electron chi connectivity index (χ3n) is 2.28. The van der Waals surface area contributed by atoms with Crippen LogP contribution in [-0.2, 0) is 4.79 Å². The van der Waals surface area contributed by atoms with Crippen LogP contribution in [0.5, 0.6) is 0 Å². The molecule has 0 unspecified atom stereocenters. The largest absolute Gasteiger partial charge is 0.356 e. The highest BCUT2D eigenvalue weighted by Gasteiger charge is 2.01. The maximum atomic E-state index is 11.4. The number of hydrogen-bond donors (Lipinski definition) is 3. The summed E-state index contributed by atoms with van der Waals surface area (Å²) in [4.78, 5) is 15.4. The average molecular weight is 402 g/mol. The fourth-order valence-corrected chi connectivity index (χ4v) is 1.78. The first-order valence-electron chi connectivity index (χ1n) is 6.44. The molecule has 0 aliphatic carbocycles. The number of halogens is 1. The molecule has 0 aromatic heterocycles. The Kier molecular flexibility index (Phi) is 17.7. The zero-order valence-corrected chi connectivity index (χ0v) is 15.3. The predicted molar refractivity (Wildman–Crippen MR) is 95.7 cm³/mol. The van der Waals surface area contributed by atoms with E-state index in [1.807, 2.05) is 18.7 Å². The van der Waals surface area contributed by atoms with E-state index in [0.717, 1.165) is 25.9 Å². The van der Waals surface area contributed by atoms with Gasteiger partial charge in [0.05, 0.1) is 6.54 Å². The van der Waals surface area contributed by atoms with E-state index in [0.29, 0.717) is 5.96 Å². The third kappa shape index (κ3) is 14.0. The fourth-order valence-electron chi connectivity index (χ4n) is 1.29. The normalized spacial score (nSPS) is 10.6. The number of carbonyl (C=O) groups excluding carboxylic acids is 1. The summed E-state index contributed by atoms with van der Waals surface area (Å²) in [7, 11) is 1.71. The molecule has 0 saturated heterocycles. The Hall–Kier alpha value is -0.180. The van der Waals surface area contributed by atoms with E-state index < -0.39 is 0 Å². The molecule has 7 heteroatoms. The van der Waals surface area contributed by atoms with Crippen molar-refractivity contribution in [2.24, 2.45) is 4.99 Å². The maximum Gasteiger partial charge on any atom is 0.239 e. The van der Waals surface area contributed by atoms with Crippen LogP contribution in [-0.4, -0.2) is 50.6 Å². The van der Waals surface area contributed by atoms with Crippen LogP contribution in [0.3, 0.4) is 0 Å². The lowest BCUT2D eigenvalue weighted by atomic mass is 10.3. The van der Waals surface area contributed by atoms with Crippen LogP contribution >= 0.6 is 35.7 Å². The van der Waals surface area contributed by atoms with Gasteiger partial charge in [0.2, 0.25) is 5.91 Å². The number of guanidine groups is 1. The van der Waals surface area contributed by atoms with E-state index in [2.05, 4.69) is 27.2 Å². The van der Waals surface area contributed by atoms with Crippen LogP contribution in [0.2, 0.25) is 0 Å². The fraction of sp³-hybridized carbons (Fsp3) is 0.833. The number of carbonyl (C=O) groups is 1. The number of nitrogens with one attached hydrogen (secondary N) is 3. The van der Waals surface area contributed by atoms with Crippen molar-refractivity contribution in [3.8, 4) is 0 Å². The Morgan fingerprint density at radius 1 is 1.16 bits per heavy atom. The van der Waals surface area contributed by atoms with Gasteiger partial charge in [0.25, 0.3) is 0 Å². The maximum absolute atomic E-state index is 11.4. The molecule has 0 fully saturated rings. The van der Waals surface area contributed by atoms with Crippen LogP contribution in [0.15, 0.2) is 4.99 Å².